The summed E-state index contributed by atoms with van der Waals surface area (Å²) in [5, 5.41) is 12.4. The fraction of sp³-hybridized carbons (Fsp3) is 0. The lowest BCUT2D eigenvalue weighted by atomic mass is 10.1. The first-order chi connectivity index (χ1) is 12.8. The molecule has 3 aromatic carbocycles. The number of furan rings is 1. The third-order valence-corrected chi connectivity index (χ3v) is 5.68. The third kappa shape index (κ3) is 3.09. The average Bonchev–Trinajstić information content (AvgIpc) is 2.99. The van der Waals surface area contributed by atoms with Crippen molar-refractivity contribution >= 4 is 49.3 Å². The first-order valence-corrected chi connectivity index (χ1v) is 9.43. The molecule has 0 bridgehead atoms. The number of hydrogen-bond acceptors (Lipinski definition) is 6. The molecular weight excluding hydrogens is 394 g/mol. The van der Waals surface area contributed by atoms with Gasteiger partial charge in [-0.25, -0.2) is 0 Å². The normalized spacial score (nSPS) is 11.7. The Bertz CT molecular complexity index is 1310. The van der Waals surface area contributed by atoms with E-state index in [-0.39, 0.29) is 10.8 Å². The van der Waals surface area contributed by atoms with Crippen molar-refractivity contribution in [3.8, 4) is 5.75 Å². The lowest BCUT2D eigenvalue weighted by Crippen LogP contribution is -2.10. The number of benzene rings is 3. The Kier molecular flexibility index (Phi) is 4.01. The molecule has 7 nitrogen and oxygen atoms in total. The Morgan fingerprint density at radius 1 is 0.963 bits per heavy atom. The van der Waals surface area contributed by atoms with Crippen LogP contribution in [-0.2, 0) is 10.1 Å². The van der Waals surface area contributed by atoms with Crippen LogP contribution in [0.15, 0.2) is 70.0 Å². The van der Waals surface area contributed by atoms with Crippen LogP contribution in [0.25, 0.3) is 21.9 Å². The molecule has 0 amide bonds. The third-order valence-electron chi connectivity index (χ3n) is 3.95. The number of nitrogens with zero attached hydrogens (tertiary/aromatic N) is 1. The molecule has 0 N–H and O–H groups in total. The lowest BCUT2D eigenvalue weighted by Gasteiger charge is -2.08. The number of nitro groups is 1. The predicted molar refractivity (Wildman–Crippen MR) is 99.6 cm³/mol. The van der Waals surface area contributed by atoms with Gasteiger partial charge in [0, 0.05) is 29.0 Å². The average molecular weight is 404 g/mol. The molecular formula is C18H10ClNO6S. The van der Waals surface area contributed by atoms with E-state index in [1.807, 2.05) is 18.2 Å². The van der Waals surface area contributed by atoms with E-state index in [1.165, 1.54) is 12.1 Å². The molecule has 4 rings (SSSR count). The van der Waals surface area contributed by atoms with Gasteiger partial charge in [-0.1, -0.05) is 29.8 Å². The van der Waals surface area contributed by atoms with Gasteiger partial charge >= 0.3 is 10.1 Å². The van der Waals surface area contributed by atoms with Crippen molar-refractivity contribution in [2.45, 2.75) is 4.90 Å². The minimum absolute atomic E-state index is 0.00382. The zero-order valence-electron chi connectivity index (χ0n) is 13.5. The van der Waals surface area contributed by atoms with Crippen molar-refractivity contribution in [3.63, 3.8) is 0 Å². The Morgan fingerprint density at radius 2 is 1.70 bits per heavy atom. The van der Waals surface area contributed by atoms with Gasteiger partial charge in [-0.15, -0.1) is 0 Å². The molecule has 1 aromatic heterocycles. The summed E-state index contributed by atoms with van der Waals surface area (Å²) < 4.78 is 35.9. The second-order valence-corrected chi connectivity index (χ2v) is 7.59. The van der Waals surface area contributed by atoms with Crippen LogP contribution in [-0.4, -0.2) is 13.3 Å². The summed E-state index contributed by atoms with van der Waals surface area (Å²) in [6.45, 7) is 0. The Morgan fingerprint density at radius 3 is 2.48 bits per heavy atom. The molecule has 0 aliphatic rings. The highest BCUT2D eigenvalue weighted by molar-refractivity contribution is 7.87. The van der Waals surface area contributed by atoms with Gasteiger partial charge in [0.1, 0.15) is 21.8 Å². The topological polar surface area (TPSA) is 99.7 Å². The Hall–Kier alpha value is -3.10. The van der Waals surface area contributed by atoms with Gasteiger partial charge in [0.25, 0.3) is 5.69 Å². The number of non-ortho nitro benzene ring substituents is 1. The van der Waals surface area contributed by atoms with Crippen molar-refractivity contribution < 1.29 is 21.9 Å². The molecule has 0 spiro atoms. The first kappa shape index (κ1) is 17.3. The number of halogens is 1. The predicted octanol–water partition coefficient (Wildman–Crippen LogP) is 4.92. The number of fused-ring (bicyclic) bond motifs is 3. The molecule has 1 heterocycles. The fourth-order valence-corrected chi connectivity index (χ4v) is 4.15. The van der Waals surface area contributed by atoms with Crippen LogP contribution in [0.4, 0.5) is 5.69 Å². The molecule has 0 aliphatic heterocycles. The van der Waals surface area contributed by atoms with Crippen molar-refractivity contribution in [2.75, 3.05) is 0 Å². The minimum Gasteiger partial charge on any atom is -0.456 e. The minimum atomic E-state index is -4.38. The Balaban J connectivity index is 1.75. The SMILES string of the molecule is O=[N+]([O-])c1ccc(Cl)c(S(=O)(=O)Oc2ccc3c(c2)oc2ccccc23)c1. The maximum Gasteiger partial charge on any atom is 0.340 e. The van der Waals surface area contributed by atoms with Gasteiger partial charge in [0.05, 0.1) is 9.95 Å². The van der Waals surface area contributed by atoms with Crippen LogP contribution in [0, 0.1) is 10.1 Å². The molecule has 0 radical (unpaired) electrons. The van der Waals surface area contributed by atoms with Crippen LogP contribution >= 0.6 is 11.6 Å². The van der Waals surface area contributed by atoms with E-state index in [2.05, 4.69) is 0 Å². The van der Waals surface area contributed by atoms with E-state index < -0.39 is 25.6 Å². The second-order valence-electron chi connectivity index (χ2n) is 5.67. The molecule has 136 valence electrons. The van der Waals surface area contributed by atoms with Crippen molar-refractivity contribution in [2.24, 2.45) is 0 Å². The largest absolute Gasteiger partial charge is 0.456 e. The van der Waals surface area contributed by atoms with E-state index in [0.29, 0.717) is 11.2 Å². The standard InChI is InChI=1S/C18H10ClNO6S/c19-15-8-5-11(20(21)22)9-18(15)27(23,24)26-12-6-7-14-13-3-1-2-4-16(13)25-17(14)10-12/h1-10H. The van der Waals surface area contributed by atoms with E-state index >= 15 is 0 Å². The second kappa shape index (κ2) is 6.26. The molecule has 4 aromatic rings. The summed E-state index contributed by atoms with van der Waals surface area (Å²) in [5.74, 6) is 0.00382. The molecule has 9 heteroatoms. The van der Waals surface area contributed by atoms with Crippen molar-refractivity contribution in [1.82, 2.24) is 0 Å². The summed E-state index contributed by atoms with van der Waals surface area (Å²) in [4.78, 5) is 9.70. The van der Waals surface area contributed by atoms with Gasteiger partial charge in [-0.3, -0.25) is 10.1 Å². The smallest absolute Gasteiger partial charge is 0.340 e. The maximum absolute atomic E-state index is 12.5. The zero-order valence-corrected chi connectivity index (χ0v) is 15.0. The van der Waals surface area contributed by atoms with Crippen molar-refractivity contribution in [3.05, 3.63) is 75.8 Å². The lowest BCUT2D eigenvalue weighted by molar-refractivity contribution is -0.385. The molecule has 27 heavy (non-hydrogen) atoms. The van der Waals surface area contributed by atoms with Crippen LogP contribution in [0.5, 0.6) is 5.75 Å². The molecule has 0 atom stereocenters. The monoisotopic (exact) mass is 403 g/mol. The van der Waals surface area contributed by atoms with Gasteiger partial charge in [0.15, 0.2) is 0 Å². The summed E-state index contributed by atoms with van der Waals surface area (Å²) in [6, 6.07) is 15.1. The number of hydrogen-bond donors (Lipinski definition) is 0. The summed E-state index contributed by atoms with van der Waals surface area (Å²) in [6.07, 6.45) is 0. The van der Waals surface area contributed by atoms with Gasteiger partial charge < -0.3 is 8.60 Å². The summed E-state index contributed by atoms with van der Waals surface area (Å²) in [5.41, 5.74) is 0.706. The van der Waals surface area contributed by atoms with E-state index in [4.69, 9.17) is 20.2 Å². The Labute approximate surface area is 158 Å². The number of para-hydroxylation sites is 1. The van der Waals surface area contributed by atoms with E-state index in [9.17, 15) is 18.5 Å². The van der Waals surface area contributed by atoms with Gasteiger partial charge in [0.2, 0.25) is 0 Å². The molecule has 0 fully saturated rings. The van der Waals surface area contributed by atoms with Crippen molar-refractivity contribution in [1.29, 1.82) is 0 Å². The highest BCUT2D eigenvalue weighted by atomic mass is 35.5. The highest BCUT2D eigenvalue weighted by Crippen LogP contribution is 2.33. The number of nitro benzene ring substituents is 1. The molecule has 0 unspecified atom stereocenters. The van der Waals surface area contributed by atoms with E-state index in [0.717, 1.165) is 29.0 Å². The summed E-state index contributed by atoms with van der Waals surface area (Å²) in [7, 11) is -4.38. The van der Waals surface area contributed by atoms with Crippen LogP contribution < -0.4 is 4.18 Å². The van der Waals surface area contributed by atoms with Crippen LogP contribution in [0.1, 0.15) is 0 Å². The first-order valence-electron chi connectivity index (χ1n) is 7.65. The van der Waals surface area contributed by atoms with Crippen LogP contribution in [0.2, 0.25) is 5.02 Å². The molecule has 0 saturated carbocycles. The van der Waals surface area contributed by atoms with Crippen LogP contribution in [0.3, 0.4) is 0 Å². The zero-order chi connectivity index (χ0) is 19.2. The van der Waals surface area contributed by atoms with Gasteiger partial charge in [-0.2, -0.15) is 8.42 Å². The van der Waals surface area contributed by atoms with E-state index in [1.54, 1.807) is 12.1 Å². The highest BCUT2D eigenvalue weighted by Gasteiger charge is 2.24. The molecule has 0 aliphatic carbocycles. The quantitative estimate of drug-likeness (QED) is 0.272. The van der Waals surface area contributed by atoms with Gasteiger partial charge in [-0.05, 0) is 24.3 Å². The molecule has 0 saturated heterocycles. The maximum atomic E-state index is 12.5. The fourth-order valence-electron chi connectivity index (χ4n) is 2.73. The number of rotatable bonds is 4. The summed E-state index contributed by atoms with van der Waals surface area (Å²) >= 11 is 5.90.